The van der Waals surface area contributed by atoms with E-state index < -0.39 is 23.8 Å². The molecule has 1 saturated heterocycles. The molecule has 1 heterocycles. The first-order valence-electron chi connectivity index (χ1n) is 11.0. The lowest BCUT2D eigenvalue weighted by Crippen LogP contribution is -2.45. The Balaban J connectivity index is 1.81. The second-order valence-electron chi connectivity index (χ2n) is 8.36. The van der Waals surface area contributed by atoms with Crippen molar-refractivity contribution in [1.82, 2.24) is 4.90 Å². The van der Waals surface area contributed by atoms with E-state index in [0.717, 1.165) is 5.56 Å². The van der Waals surface area contributed by atoms with Crippen molar-refractivity contribution in [2.24, 2.45) is 0 Å². The van der Waals surface area contributed by atoms with Gasteiger partial charge in [0.1, 0.15) is 17.7 Å². The predicted octanol–water partition coefficient (Wildman–Crippen LogP) is 5.73. The van der Waals surface area contributed by atoms with E-state index in [1.807, 2.05) is 19.1 Å². The zero-order valence-electron chi connectivity index (χ0n) is 18.7. The van der Waals surface area contributed by atoms with Crippen LogP contribution < -0.4 is 4.90 Å². The van der Waals surface area contributed by atoms with E-state index >= 15 is 0 Å². The molecule has 2 amide bonds. The highest BCUT2D eigenvalue weighted by molar-refractivity contribution is 6.00. The van der Waals surface area contributed by atoms with Gasteiger partial charge >= 0.3 is 0 Å². The van der Waals surface area contributed by atoms with Crippen LogP contribution in [0, 0.1) is 18.6 Å². The number of carbonyl (C=O) groups is 2. The van der Waals surface area contributed by atoms with Gasteiger partial charge in [-0.2, -0.15) is 0 Å². The van der Waals surface area contributed by atoms with Gasteiger partial charge in [-0.1, -0.05) is 60.2 Å². The first-order valence-corrected chi connectivity index (χ1v) is 11.0. The van der Waals surface area contributed by atoms with E-state index in [0.29, 0.717) is 30.5 Å². The molecule has 1 fully saturated rings. The molecule has 2 atom stereocenters. The van der Waals surface area contributed by atoms with E-state index in [1.165, 1.54) is 36.1 Å². The maximum Gasteiger partial charge on any atom is 0.250 e. The summed E-state index contributed by atoms with van der Waals surface area (Å²) in [6, 6.07) is 18.1. The normalized spacial score (nSPS) is 16.5. The Labute approximate surface area is 192 Å². The molecule has 1 aliphatic rings. The van der Waals surface area contributed by atoms with Crippen LogP contribution in [0.25, 0.3) is 0 Å². The summed E-state index contributed by atoms with van der Waals surface area (Å²) >= 11 is 0. The second kappa shape index (κ2) is 9.53. The molecule has 0 bridgehead atoms. The topological polar surface area (TPSA) is 40.6 Å². The maximum atomic E-state index is 14.8. The average molecular weight is 449 g/mol. The summed E-state index contributed by atoms with van der Waals surface area (Å²) in [7, 11) is 0. The number of rotatable bonds is 5. The first-order chi connectivity index (χ1) is 15.9. The fourth-order valence-electron chi connectivity index (χ4n) is 4.54. The van der Waals surface area contributed by atoms with Gasteiger partial charge in [0.05, 0.1) is 11.7 Å². The summed E-state index contributed by atoms with van der Waals surface area (Å²) in [6.45, 7) is 3.68. The van der Waals surface area contributed by atoms with Gasteiger partial charge in [0.25, 0.3) is 5.91 Å². The van der Waals surface area contributed by atoms with Crippen molar-refractivity contribution in [2.45, 2.75) is 38.8 Å². The number of anilines is 1. The Bertz CT molecular complexity index is 1160. The van der Waals surface area contributed by atoms with Crippen LogP contribution in [-0.2, 0) is 9.59 Å². The number of likely N-dealkylation sites (tertiary alicyclic amines) is 1. The third-order valence-electron chi connectivity index (χ3n) is 6.14. The molecule has 6 heteroatoms. The number of amides is 2. The van der Waals surface area contributed by atoms with Gasteiger partial charge in [0.15, 0.2) is 0 Å². The number of aryl methyl sites for hydroxylation is 1. The van der Waals surface area contributed by atoms with E-state index in [9.17, 15) is 18.4 Å². The number of para-hydroxylation sites is 1. The summed E-state index contributed by atoms with van der Waals surface area (Å²) in [6.07, 6.45) is 1.33. The van der Waals surface area contributed by atoms with Gasteiger partial charge in [-0.05, 0) is 43.5 Å². The summed E-state index contributed by atoms with van der Waals surface area (Å²) < 4.78 is 29.4. The molecule has 4 rings (SSSR count). The first kappa shape index (κ1) is 22.6. The molecule has 0 saturated carbocycles. The minimum absolute atomic E-state index is 0.0329. The molecular formula is C27H26F2N2O2. The summed E-state index contributed by atoms with van der Waals surface area (Å²) in [5, 5.41) is 0. The van der Waals surface area contributed by atoms with E-state index in [1.54, 1.807) is 41.3 Å². The largest absolute Gasteiger partial charge is 0.333 e. The molecule has 33 heavy (non-hydrogen) atoms. The summed E-state index contributed by atoms with van der Waals surface area (Å²) in [4.78, 5) is 29.7. The highest BCUT2D eigenvalue weighted by Gasteiger charge is 2.40. The molecule has 4 nitrogen and oxygen atoms in total. The van der Waals surface area contributed by atoms with Crippen molar-refractivity contribution in [3.63, 3.8) is 0 Å². The lowest BCUT2D eigenvalue weighted by atomic mass is 9.99. The van der Waals surface area contributed by atoms with Crippen LogP contribution in [0.1, 0.15) is 48.5 Å². The summed E-state index contributed by atoms with van der Waals surface area (Å²) in [5.41, 5.74) is 2.05. The predicted molar refractivity (Wildman–Crippen MR) is 124 cm³/mol. The van der Waals surface area contributed by atoms with Crippen LogP contribution in [0.4, 0.5) is 14.5 Å². The van der Waals surface area contributed by atoms with Crippen LogP contribution in [0.2, 0.25) is 0 Å². The van der Waals surface area contributed by atoms with Crippen molar-refractivity contribution in [3.05, 3.63) is 101 Å². The van der Waals surface area contributed by atoms with Crippen LogP contribution in [0.15, 0.2) is 72.8 Å². The average Bonchev–Trinajstić information content (AvgIpc) is 3.28. The third kappa shape index (κ3) is 4.51. The minimum atomic E-state index is -1.08. The fraction of sp³-hybridized carbons (Fsp3) is 0.259. The van der Waals surface area contributed by atoms with Crippen molar-refractivity contribution in [3.8, 4) is 0 Å². The number of carbonyl (C=O) groups excluding carboxylic acids is 2. The Morgan fingerprint density at radius 1 is 0.939 bits per heavy atom. The molecule has 170 valence electrons. The SMILES string of the molecule is CC(=O)N(c1ccccc1F)[C@H](C(=O)N1CCC[C@H]1c1ccccc1F)c1ccc(C)cc1. The molecule has 0 unspecified atom stereocenters. The zero-order valence-corrected chi connectivity index (χ0v) is 18.7. The molecule has 0 aromatic heterocycles. The van der Waals surface area contributed by atoms with Gasteiger partial charge in [-0.15, -0.1) is 0 Å². The van der Waals surface area contributed by atoms with Gasteiger partial charge in [0, 0.05) is 19.0 Å². The highest BCUT2D eigenvalue weighted by atomic mass is 19.1. The fourth-order valence-corrected chi connectivity index (χ4v) is 4.54. The number of halogens is 2. The Morgan fingerprint density at radius 3 is 2.21 bits per heavy atom. The third-order valence-corrected chi connectivity index (χ3v) is 6.14. The van der Waals surface area contributed by atoms with E-state index in [4.69, 9.17) is 0 Å². The smallest absolute Gasteiger partial charge is 0.250 e. The van der Waals surface area contributed by atoms with Gasteiger partial charge in [-0.3, -0.25) is 14.5 Å². The van der Waals surface area contributed by atoms with Crippen molar-refractivity contribution < 1.29 is 18.4 Å². The summed E-state index contributed by atoms with van der Waals surface area (Å²) in [5.74, 6) is -1.78. The standard InChI is InChI=1S/C27H26F2N2O2/c1-18-13-15-20(16-14-18)26(31(19(2)32)25-11-6-5-10-23(25)29)27(33)30-17-7-12-24(30)21-8-3-4-9-22(21)28/h3-6,8-11,13-16,24,26H,7,12,17H2,1-2H3/t24-,26-/m0/s1. The van der Waals surface area contributed by atoms with Crippen LogP contribution in [-0.4, -0.2) is 23.3 Å². The van der Waals surface area contributed by atoms with Gasteiger partial charge in [-0.25, -0.2) is 8.78 Å². The molecule has 0 N–H and O–H groups in total. The van der Waals surface area contributed by atoms with Crippen LogP contribution in [0.3, 0.4) is 0 Å². The Kier molecular flexibility index (Phi) is 6.54. The minimum Gasteiger partial charge on any atom is -0.333 e. The van der Waals surface area contributed by atoms with Crippen molar-refractivity contribution >= 4 is 17.5 Å². The maximum absolute atomic E-state index is 14.8. The monoisotopic (exact) mass is 448 g/mol. The Hall–Kier alpha value is -3.54. The lowest BCUT2D eigenvalue weighted by molar-refractivity contribution is -0.135. The quantitative estimate of drug-likeness (QED) is 0.500. The number of hydrogen-bond acceptors (Lipinski definition) is 2. The lowest BCUT2D eigenvalue weighted by Gasteiger charge is -2.35. The number of hydrogen-bond donors (Lipinski definition) is 0. The Morgan fingerprint density at radius 2 is 1.58 bits per heavy atom. The van der Waals surface area contributed by atoms with E-state index in [-0.39, 0.29) is 17.4 Å². The van der Waals surface area contributed by atoms with Gasteiger partial charge in [0.2, 0.25) is 5.91 Å². The zero-order chi connectivity index (χ0) is 23.5. The molecule has 0 aliphatic carbocycles. The molecular weight excluding hydrogens is 422 g/mol. The van der Waals surface area contributed by atoms with Crippen molar-refractivity contribution in [1.29, 1.82) is 0 Å². The molecule has 1 aliphatic heterocycles. The molecule has 0 spiro atoms. The second-order valence-corrected chi connectivity index (χ2v) is 8.36. The van der Waals surface area contributed by atoms with Gasteiger partial charge < -0.3 is 4.90 Å². The van der Waals surface area contributed by atoms with Crippen LogP contribution >= 0.6 is 0 Å². The molecule has 0 radical (unpaired) electrons. The highest BCUT2D eigenvalue weighted by Crippen LogP contribution is 2.38. The molecule has 3 aromatic carbocycles. The molecule has 3 aromatic rings. The van der Waals surface area contributed by atoms with Crippen LogP contribution in [0.5, 0.6) is 0 Å². The van der Waals surface area contributed by atoms with Crippen molar-refractivity contribution in [2.75, 3.05) is 11.4 Å². The van der Waals surface area contributed by atoms with E-state index in [2.05, 4.69) is 0 Å². The number of benzene rings is 3. The number of nitrogens with zero attached hydrogens (tertiary/aromatic N) is 2.